The first kappa shape index (κ1) is 22.0. The summed E-state index contributed by atoms with van der Waals surface area (Å²) in [5.74, 6) is 0.644. The smallest absolute Gasteiger partial charge is 0.309 e. The molecule has 1 aromatic heterocycles. The third-order valence-electron chi connectivity index (χ3n) is 5.26. The highest BCUT2D eigenvalue weighted by atomic mass is 16.5. The van der Waals surface area contributed by atoms with E-state index < -0.39 is 12.5 Å². The quantitative estimate of drug-likeness (QED) is 0.511. The zero-order valence-corrected chi connectivity index (χ0v) is 18.2. The molecule has 3 aromatic rings. The van der Waals surface area contributed by atoms with Crippen molar-refractivity contribution in [1.82, 2.24) is 0 Å². The lowest BCUT2D eigenvalue weighted by Gasteiger charge is -2.06. The van der Waals surface area contributed by atoms with E-state index in [-0.39, 0.29) is 23.3 Å². The molecule has 1 aliphatic carbocycles. The first-order chi connectivity index (χ1) is 16.0. The number of carbonyl (C=O) groups excluding carboxylic acids is 2. The van der Waals surface area contributed by atoms with Crippen LogP contribution in [0.15, 0.2) is 52.9 Å². The highest BCUT2D eigenvalue weighted by molar-refractivity contribution is 5.97. The monoisotopic (exact) mass is 446 g/mol. The summed E-state index contributed by atoms with van der Waals surface area (Å²) in [4.78, 5) is 24.1. The molecule has 1 N–H and O–H groups in total. The van der Waals surface area contributed by atoms with Gasteiger partial charge in [0.15, 0.2) is 6.61 Å². The summed E-state index contributed by atoms with van der Waals surface area (Å²) in [6, 6.07) is 16.4. The van der Waals surface area contributed by atoms with E-state index in [1.54, 1.807) is 62.8 Å². The van der Waals surface area contributed by atoms with Crippen molar-refractivity contribution in [1.29, 1.82) is 5.26 Å². The van der Waals surface area contributed by atoms with E-state index in [2.05, 4.69) is 11.4 Å². The Balaban J connectivity index is 1.70. The zero-order valence-electron chi connectivity index (χ0n) is 18.2. The summed E-state index contributed by atoms with van der Waals surface area (Å²) in [7, 11) is 3.14. The summed E-state index contributed by atoms with van der Waals surface area (Å²) < 4.78 is 21.5. The lowest BCUT2D eigenvalue weighted by molar-refractivity contribution is -0.148. The Labute approximate surface area is 190 Å². The molecule has 0 unspecified atom stereocenters. The van der Waals surface area contributed by atoms with Crippen molar-refractivity contribution in [3.63, 3.8) is 0 Å². The number of methoxy groups -OCH3 is 2. The van der Waals surface area contributed by atoms with Crippen LogP contribution in [-0.4, -0.2) is 32.7 Å². The second-order valence-electron chi connectivity index (χ2n) is 7.51. The van der Waals surface area contributed by atoms with Crippen LogP contribution in [0.5, 0.6) is 11.5 Å². The third-order valence-corrected chi connectivity index (χ3v) is 5.26. The first-order valence-electron chi connectivity index (χ1n) is 10.4. The molecule has 0 bridgehead atoms. The molecule has 0 aliphatic heterocycles. The number of rotatable bonds is 8. The zero-order chi connectivity index (χ0) is 23.4. The van der Waals surface area contributed by atoms with Crippen molar-refractivity contribution in [3.05, 3.63) is 54.1 Å². The number of benzene rings is 2. The Morgan fingerprint density at radius 2 is 1.58 bits per heavy atom. The molecule has 8 nitrogen and oxygen atoms in total. The summed E-state index contributed by atoms with van der Waals surface area (Å²) in [5.41, 5.74) is 2.09. The Hall–Kier alpha value is -4.25. The molecule has 0 saturated heterocycles. The van der Waals surface area contributed by atoms with Crippen LogP contribution >= 0.6 is 0 Å². The van der Waals surface area contributed by atoms with Gasteiger partial charge in [0.25, 0.3) is 5.91 Å². The lowest BCUT2D eigenvalue weighted by Crippen LogP contribution is -2.21. The highest BCUT2D eigenvalue weighted by Gasteiger charge is 2.32. The summed E-state index contributed by atoms with van der Waals surface area (Å²) >= 11 is 0. The van der Waals surface area contributed by atoms with Crippen LogP contribution < -0.4 is 14.8 Å². The van der Waals surface area contributed by atoms with Crippen LogP contribution in [0, 0.1) is 17.2 Å². The van der Waals surface area contributed by atoms with Crippen molar-refractivity contribution in [2.24, 2.45) is 5.92 Å². The molecule has 0 atom stereocenters. The molecule has 1 saturated carbocycles. The number of carbonyl (C=O) groups is 2. The minimum atomic E-state index is -0.586. The van der Waals surface area contributed by atoms with Gasteiger partial charge in [-0.3, -0.25) is 14.9 Å². The number of nitriles is 1. The average molecular weight is 446 g/mol. The average Bonchev–Trinajstić information content (AvgIpc) is 3.64. The molecule has 33 heavy (non-hydrogen) atoms. The summed E-state index contributed by atoms with van der Waals surface area (Å²) in [6.07, 6.45) is 1.57. The van der Waals surface area contributed by atoms with Crippen molar-refractivity contribution in [2.45, 2.75) is 12.8 Å². The molecule has 1 fully saturated rings. The van der Waals surface area contributed by atoms with Gasteiger partial charge in [0.1, 0.15) is 28.9 Å². The standard InChI is InChI=1S/C25H22N2O6/c1-30-18-9-5-15(6-10-18)22-20(13-26)24(27-21(28)14-32-25(29)17-3-4-17)33-23(22)16-7-11-19(31-2)12-8-16/h5-12,17H,3-4,14H2,1-2H3,(H,27,28). The second kappa shape index (κ2) is 9.49. The molecule has 1 aliphatic rings. The molecular weight excluding hydrogens is 424 g/mol. The molecule has 0 radical (unpaired) electrons. The molecule has 0 spiro atoms. The van der Waals surface area contributed by atoms with Crippen LogP contribution in [0.3, 0.4) is 0 Å². The number of amides is 1. The van der Waals surface area contributed by atoms with Crippen molar-refractivity contribution in [3.8, 4) is 40.0 Å². The van der Waals surface area contributed by atoms with Crippen LogP contribution in [0.25, 0.3) is 22.5 Å². The van der Waals surface area contributed by atoms with Crippen LogP contribution in [-0.2, 0) is 14.3 Å². The predicted octanol–water partition coefficient (Wildman–Crippen LogP) is 4.39. The van der Waals surface area contributed by atoms with Crippen molar-refractivity contribution < 1.29 is 28.2 Å². The topological polar surface area (TPSA) is 111 Å². The van der Waals surface area contributed by atoms with E-state index in [4.69, 9.17) is 18.6 Å². The minimum Gasteiger partial charge on any atom is -0.497 e. The van der Waals surface area contributed by atoms with Gasteiger partial charge in [-0.15, -0.1) is 0 Å². The number of esters is 1. The molecule has 1 amide bonds. The summed E-state index contributed by atoms with van der Waals surface area (Å²) in [5, 5.41) is 12.5. The van der Waals surface area contributed by atoms with Gasteiger partial charge in [0.2, 0.25) is 5.88 Å². The van der Waals surface area contributed by atoms with Gasteiger partial charge < -0.3 is 18.6 Å². The number of furan rings is 1. The predicted molar refractivity (Wildman–Crippen MR) is 120 cm³/mol. The van der Waals surface area contributed by atoms with Crippen molar-refractivity contribution >= 4 is 17.8 Å². The first-order valence-corrected chi connectivity index (χ1v) is 10.4. The van der Waals surface area contributed by atoms with Crippen LogP contribution in [0.4, 0.5) is 5.88 Å². The van der Waals surface area contributed by atoms with E-state index in [9.17, 15) is 14.9 Å². The molecule has 1 heterocycles. The normalized spacial score (nSPS) is 12.5. The van der Waals surface area contributed by atoms with E-state index in [0.29, 0.717) is 33.9 Å². The van der Waals surface area contributed by atoms with Crippen LogP contribution in [0.1, 0.15) is 18.4 Å². The van der Waals surface area contributed by atoms with Crippen molar-refractivity contribution in [2.75, 3.05) is 26.1 Å². The molecule has 168 valence electrons. The van der Waals surface area contributed by atoms with Gasteiger partial charge in [-0.05, 0) is 54.8 Å². The number of nitrogens with zero attached hydrogens (tertiary/aromatic N) is 1. The maximum Gasteiger partial charge on any atom is 0.309 e. The van der Waals surface area contributed by atoms with Gasteiger partial charge in [-0.2, -0.15) is 5.26 Å². The fourth-order valence-electron chi connectivity index (χ4n) is 3.34. The highest BCUT2D eigenvalue weighted by Crippen LogP contribution is 2.42. The molecular formula is C25H22N2O6. The molecule has 4 rings (SSSR count). The minimum absolute atomic E-state index is 0.0124. The van der Waals surface area contributed by atoms with E-state index in [1.807, 2.05) is 0 Å². The van der Waals surface area contributed by atoms with E-state index >= 15 is 0 Å². The number of anilines is 1. The molecule has 2 aromatic carbocycles. The number of nitrogens with one attached hydrogen (secondary N) is 1. The molecule has 8 heteroatoms. The SMILES string of the molecule is COc1ccc(-c2oc(NC(=O)COC(=O)C3CC3)c(C#N)c2-c2ccc(OC)cc2)cc1. The maximum atomic E-state index is 12.4. The largest absolute Gasteiger partial charge is 0.497 e. The summed E-state index contributed by atoms with van der Waals surface area (Å²) in [6.45, 7) is -0.448. The van der Waals surface area contributed by atoms with Gasteiger partial charge in [0.05, 0.1) is 20.1 Å². The Morgan fingerprint density at radius 3 is 2.09 bits per heavy atom. The Bertz CT molecular complexity index is 1200. The van der Waals surface area contributed by atoms with E-state index in [0.717, 1.165) is 12.8 Å². The third kappa shape index (κ3) is 4.83. The van der Waals surface area contributed by atoms with Gasteiger partial charge in [-0.25, -0.2) is 0 Å². The fourth-order valence-corrected chi connectivity index (χ4v) is 3.34. The number of ether oxygens (including phenoxy) is 3. The van der Waals surface area contributed by atoms with E-state index in [1.165, 1.54) is 0 Å². The lowest BCUT2D eigenvalue weighted by atomic mass is 9.98. The Kier molecular flexibility index (Phi) is 6.31. The van der Waals surface area contributed by atoms with Crippen LogP contribution in [0.2, 0.25) is 0 Å². The van der Waals surface area contributed by atoms with Gasteiger partial charge in [-0.1, -0.05) is 12.1 Å². The number of hydrogen-bond acceptors (Lipinski definition) is 7. The Morgan fingerprint density at radius 1 is 1.00 bits per heavy atom. The second-order valence-corrected chi connectivity index (χ2v) is 7.51. The van der Waals surface area contributed by atoms with Gasteiger partial charge in [0, 0.05) is 11.1 Å². The fraction of sp³-hybridized carbons (Fsp3) is 0.240. The van der Waals surface area contributed by atoms with Gasteiger partial charge >= 0.3 is 5.97 Å². The number of hydrogen-bond donors (Lipinski definition) is 1. The maximum absolute atomic E-state index is 12.4.